The van der Waals surface area contributed by atoms with Crippen molar-refractivity contribution in [3.8, 4) is 45.6 Å². The summed E-state index contributed by atoms with van der Waals surface area (Å²) in [6.07, 6.45) is 5.54. The lowest BCUT2D eigenvalue weighted by Crippen LogP contribution is -2.02. The van der Waals surface area contributed by atoms with Crippen molar-refractivity contribution in [1.82, 2.24) is 0 Å². The minimum atomic E-state index is 0.507. The fourth-order valence-electron chi connectivity index (χ4n) is 7.96. The topological polar surface area (TPSA) is 36.9 Å². The normalized spacial score (nSPS) is 11.0. The lowest BCUT2D eigenvalue weighted by Gasteiger charge is -2.22. The van der Waals surface area contributed by atoms with E-state index in [1.165, 1.54) is 33.4 Å². The van der Waals surface area contributed by atoms with Gasteiger partial charge in [-0.15, -0.1) is 13.2 Å². The molecule has 0 atom stereocenters. The molecule has 0 bridgehead atoms. The molecular formula is C54H58O4. The maximum Gasteiger partial charge on any atom is 0.133 e. The summed E-state index contributed by atoms with van der Waals surface area (Å²) in [6, 6.07) is 29.8. The monoisotopic (exact) mass is 770 g/mol. The van der Waals surface area contributed by atoms with Gasteiger partial charge in [-0.2, -0.15) is 0 Å². The molecule has 0 N–H and O–H groups in total. The van der Waals surface area contributed by atoms with Crippen LogP contribution < -0.4 is 18.9 Å². The van der Waals surface area contributed by atoms with E-state index in [9.17, 15) is 0 Å². The van der Waals surface area contributed by atoms with Gasteiger partial charge in [-0.1, -0.05) is 60.7 Å². The molecule has 0 saturated heterocycles. The smallest absolute Gasteiger partial charge is 0.133 e. The third-order valence-electron chi connectivity index (χ3n) is 11.2. The lowest BCUT2D eigenvalue weighted by molar-refractivity contribution is 0.301. The second kappa shape index (κ2) is 18.1. The third kappa shape index (κ3) is 9.24. The van der Waals surface area contributed by atoms with Gasteiger partial charge < -0.3 is 18.9 Å². The van der Waals surface area contributed by atoms with Crippen molar-refractivity contribution in [2.24, 2.45) is 0 Å². The van der Waals surface area contributed by atoms with Gasteiger partial charge in [0.05, 0.1) is 0 Å². The Balaban J connectivity index is 1.19. The maximum absolute atomic E-state index is 6.68. The zero-order chi connectivity index (χ0) is 41.7. The molecule has 6 aromatic carbocycles. The highest BCUT2D eigenvalue weighted by molar-refractivity contribution is 5.77. The number of benzene rings is 6. The Kier molecular flexibility index (Phi) is 13.0. The van der Waals surface area contributed by atoms with Gasteiger partial charge in [0.25, 0.3) is 0 Å². The standard InChI is InChI=1S/C54H58O4/c1-13-17-43-19-15-21-45(29-43)31-55-51-33(3)23-47(24-34(51)4)57-53-37(7)27-49(39(9)41(53)11)50-28-38(8)54(42(12)40(50)10)58-48-25-35(5)52(36(6)26-48)56-32-46-22-16-20-44(30-46)18-14-2/h13-16,19-30H,1-2,17-18,31-32H2,3-12H3. The summed E-state index contributed by atoms with van der Waals surface area (Å²) >= 11 is 0. The maximum atomic E-state index is 6.68. The molecule has 0 unspecified atom stereocenters. The molecule has 0 spiro atoms. The Hall–Kier alpha value is -6.00. The molecule has 0 amide bonds. The molecule has 0 radical (unpaired) electrons. The summed E-state index contributed by atoms with van der Waals surface area (Å²) < 4.78 is 26.0. The number of hydrogen-bond donors (Lipinski definition) is 0. The van der Waals surface area contributed by atoms with Crippen LogP contribution in [0, 0.1) is 69.2 Å². The van der Waals surface area contributed by atoms with E-state index >= 15 is 0 Å². The molecule has 6 rings (SSSR count). The molecule has 0 aliphatic carbocycles. The van der Waals surface area contributed by atoms with Crippen molar-refractivity contribution in [3.05, 3.63) is 188 Å². The Bertz CT molecular complexity index is 2280. The van der Waals surface area contributed by atoms with E-state index in [2.05, 4.69) is 167 Å². The zero-order valence-electron chi connectivity index (χ0n) is 36.1. The van der Waals surface area contributed by atoms with Crippen molar-refractivity contribution in [3.63, 3.8) is 0 Å². The first-order valence-electron chi connectivity index (χ1n) is 20.2. The highest BCUT2D eigenvalue weighted by Gasteiger charge is 2.20. The van der Waals surface area contributed by atoms with Crippen LogP contribution in [0.5, 0.6) is 34.5 Å². The molecule has 4 heteroatoms. The average Bonchev–Trinajstić information content (AvgIpc) is 3.18. The van der Waals surface area contributed by atoms with Crippen molar-refractivity contribution < 1.29 is 18.9 Å². The van der Waals surface area contributed by atoms with Crippen LogP contribution in [0.25, 0.3) is 11.1 Å². The molecule has 0 aromatic heterocycles. The Morgan fingerprint density at radius 1 is 0.397 bits per heavy atom. The van der Waals surface area contributed by atoms with Crippen LogP contribution >= 0.6 is 0 Å². The predicted molar refractivity (Wildman–Crippen MR) is 242 cm³/mol. The first-order chi connectivity index (χ1) is 27.8. The molecule has 0 saturated carbocycles. The minimum absolute atomic E-state index is 0.507. The van der Waals surface area contributed by atoms with Gasteiger partial charge in [-0.3, -0.25) is 0 Å². The quantitative estimate of drug-likeness (QED) is 0.0975. The van der Waals surface area contributed by atoms with Crippen LogP contribution in [0.4, 0.5) is 0 Å². The molecule has 0 heterocycles. The Morgan fingerprint density at radius 2 is 0.724 bits per heavy atom. The van der Waals surface area contributed by atoms with E-state index in [1.54, 1.807) is 0 Å². The fraction of sp³-hybridized carbons (Fsp3) is 0.259. The lowest BCUT2D eigenvalue weighted by atomic mass is 9.88. The van der Waals surface area contributed by atoms with E-state index in [0.29, 0.717) is 13.2 Å². The summed E-state index contributed by atoms with van der Waals surface area (Å²) in [5, 5.41) is 0. The van der Waals surface area contributed by atoms with Gasteiger partial charge in [0, 0.05) is 0 Å². The zero-order valence-corrected chi connectivity index (χ0v) is 36.1. The fourth-order valence-corrected chi connectivity index (χ4v) is 7.96. The first kappa shape index (κ1) is 41.6. The van der Waals surface area contributed by atoms with Crippen molar-refractivity contribution in [1.29, 1.82) is 0 Å². The van der Waals surface area contributed by atoms with E-state index in [-0.39, 0.29) is 0 Å². The van der Waals surface area contributed by atoms with Crippen molar-refractivity contribution in [2.75, 3.05) is 0 Å². The molecule has 0 aliphatic rings. The number of rotatable bonds is 15. The third-order valence-corrected chi connectivity index (χ3v) is 11.2. The number of allylic oxidation sites excluding steroid dienone is 2. The number of aryl methyl sites for hydroxylation is 6. The SMILES string of the molecule is C=CCc1cccc(COc2c(C)cc(Oc3c(C)cc(-c4cc(C)c(Oc5cc(C)c(OCc6cccc(CC=C)c6)c(C)c5)c(C)c4C)c(C)c3C)cc2C)c1. The second-order valence-electron chi connectivity index (χ2n) is 15.8. The number of hydrogen-bond acceptors (Lipinski definition) is 4. The average molecular weight is 771 g/mol. The van der Waals surface area contributed by atoms with Crippen molar-refractivity contribution in [2.45, 2.75) is 95.3 Å². The minimum Gasteiger partial charge on any atom is -0.488 e. The Labute approximate surface area is 346 Å². The number of ether oxygens (including phenoxy) is 4. The first-order valence-corrected chi connectivity index (χ1v) is 20.2. The van der Waals surface area contributed by atoms with E-state index in [1.807, 2.05) is 12.2 Å². The van der Waals surface area contributed by atoms with Gasteiger partial charge in [-0.25, -0.2) is 0 Å². The van der Waals surface area contributed by atoms with Crippen LogP contribution in [0.1, 0.15) is 77.9 Å². The summed E-state index contributed by atoms with van der Waals surface area (Å²) in [7, 11) is 0. The van der Waals surface area contributed by atoms with Crippen LogP contribution in [0.3, 0.4) is 0 Å². The van der Waals surface area contributed by atoms with Crippen molar-refractivity contribution >= 4 is 0 Å². The van der Waals surface area contributed by atoms with Crippen LogP contribution in [0.2, 0.25) is 0 Å². The van der Waals surface area contributed by atoms with Gasteiger partial charge >= 0.3 is 0 Å². The van der Waals surface area contributed by atoms with E-state index < -0.39 is 0 Å². The second-order valence-corrected chi connectivity index (χ2v) is 15.8. The largest absolute Gasteiger partial charge is 0.488 e. The molecule has 298 valence electrons. The van der Waals surface area contributed by atoms with Gasteiger partial charge in [0.1, 0.15) is 47.7 Å². The van der Waals surface area contributed by atoms with E-state index in [4.69, 9.17) is 18.9 Å². The summed E-state index contributed by atoms with van der Waals surface area (Å²) in [5.41, 5.74) is 18.1. The van der Waals surface area contributed by atoms with E-state index in [0.717, 1.165) is 103 Å². The molecule has 6 aromatic rings. The molecular weight excluding hydrogens is 713 g/mol. The van der Waals surface area contributed by atoms with Gasteiger partial charge in [0.2, 0.25) is 0 Å². The highest BCUT2D eigenvalue weighted by Crippen LogP contribution is 2.43. The summed E-state index contributed by atoms with van der Waals surface area (Å²) in [6.45, 7) is 30.0. The molecule has 4 nitrogen and oxygen atoms in total. The summed E-state index contributed by atoms with van der Waals surface area (Å²) in [4.78, 5) is 0. The predicted octanol–water partition coefficient (Wildman–Crippen LogP) is 14.6. The molecule has 0 fully saturated rings. The van der Waals surface area contributed by atoms with Crippen LogP contribution in [0.15, 0.2) is 110 Å². The molecule has 58 heavy (non-hydrogen) atoms. The molecule has 0 aliphatic heterocycles. The Morgan fingerprint density at radius 3 is 1.07 bits per heavy atom. The van der Waals surface area contributed by atoms with Gasteiger partial charge in [0.15, 0.2) is 0 Å². The van der Waals surface area contributed by atoms with Crippen LogP contribution in [-0.2, 0) is 26.1 Å². The van der Waals surface area contributed by atoms with Gasteiger partial charge in [-0.05, 0) is 207 Å². The highest BCUT2D eigenvalue weighted by atomic mass is 16.5. The van der Waals surface area contributed by atoms with Crippen LogP contribution in [-0.4, -0.2) is 0 Å². The summed E-state index contributed by atoms with van der Waals surface area (Å²) in [5.74, 6) is 5.16.